The first kappa shape index (κ1) is 33.9. The van der Waals surface area contributed by atoms with E-state index in [-0.39, 0.29) is 0 Å². The molecule has 0 atom stereocenters. The van der Waals surface area contributed by atoms with Gasteiger partial charge < -0.3 is 9.13 Å². The first-order chi connectivity index (χ1) is 27.9. The number of aryl methyl sites for hydroxylation is 3. The first-order valence-corrected chi connectivity index (χ1v) is 19.2. The molecule has 0 aliphatic carbocycles. The van der Waals surface area contributed by atoms with Crippen LogP contribution >= 0.6 is 0 Å². The van der Waals surface area contributed by atoms with Crippen LogP contribution in [-0.4, -0.2) is 9.13 Å². The molecule has 0 aliphatic heterocycles. The fourth-order valence-corrected chi connectivity index (χ4v) is 8.63. The smallest absolute Gasteiger partial charge is 0.0993 e. The number of para-hydroxylation sites is 2. The molecule has 0 aliphatic rings. The average Bonchev–Trinajstić information content (AvgIpc) is 3.75. The van der Waals surface area contributed by atoms with E-state index in [1.54, 1.807) is 0 Å². The van der Waals surface area contributed by atoms with Gasteiger partial charge in [0, 0.05) is 27.1 Å². The maximum absolute atomic E-state index is 10.8. The fraction of sp³-hybridized carbons (Fsp3) is 0.0566. The minimum Gasteiger partial charge on any atom is -0.308 e. The van der Waals surface area contributed by atoms with Gasteiger partial charge in [-0.25, -0.2) is 0 Å². The Morgan fingerprint density at radius 3 is 1.25 bits per heavy atom. The summed E-state index contributed by atoms with van der Waals surface area (Å²) in [6, 6.07) is 62.7. The fourth-order valence-electron chi connectivity index (χ4n) is 8.63. The lowest BCUT2D eigenvalue weighted by Crippen LogP contribution is -2.05. The Kier molecular flexibility index (Phi) is 7.89. The van der Waals surface area contributed by atoms with Gasteiger partial charge in [0.05, 0.1) is 56.7 Å². The van der Waals surface area contributed by atoms with Gasteiger partial charge in [-0.15, -0.1) is 0 Å². The zero-order chi connectivity index (χ0) is 38.8. The molecule has 2 aromatic heterocycles. The number of aromatic nitrogens is 2. The van der Waals surface area contributed by atoms with Gasteiger partial charge in [0.25, 0.3) is 0 Å². The van der Waals surface area contributed by atoms with Gasteiger partial charge in [0.2, 0.25) is 0 Å². The third kappa shape index (κ3) is 5.58. The molecule has 2 heterocycles. The third-order valence-corrected chi connectivity index (χ3v) is 11.3. The zero-order valence-electron chi connectivity index (χ0n) is 31.9. The number of rotatable bonds is 5. The molecule has 0 fully saturated rings. The monoisotopic (exact) mass is 728 g/mol. The van der Waals surface area contributed by atoms with Crippen molar-refractivity contribution in [2.75, 3.05) is 0 Å². The van der Waals surface area contributed by atoms with Crippen molar-refractivity contribution in [1.82, 2.24) is 9.13 Å². The molecule has 0 N–H and O–H groups in total. The second-order valence-corrected chi connectivity index (χ2v) is 15.1. The molecule has 8 aromatic carbocycles. The Balaban J connectivity index is 1.33. The van der Waals surface area contributed by atoms with Crippen molar-refractivity contribution in [2.24, 2.45) is 0 Å². The molecule has 0 spiro atoms. The van der Waals surface area contributed by atoms with Gasteiger partial charge in [-0.05, 0) is 115 Å². The number of hydrogen-bond donors (Lipinski definition) is 0. The minimum absolute atomic E-state index is 0.543. The van der Waals surface area contributed by atoms with E-state index in [2.05, 4.69) is 175 Å². The molecular weight excluding hydrogens is 693 g/mol. The van der Waals surface area contributed by atoms with E-state index >= 15 is 0 Å². The second-order valence-electron chi connectivity index (χ2n) is 15.1. The number of benzene rings is 8. The van der Waals surface area contributed by atoms with Crippen molar-refractivity contribution in [3.8, 4) is 56.9 Å². The number of nitrogens with zero attached hydrogens (tertiary/aromatic N) is 4. The Labute approximate surface area is 331 Å². The Morgan fingerprint density at radius 2 is 0.772 bits per heavy atom. The molecule has 10 aromatic rings. The van der Waals surface area contributed by atoms with E-state index < -0.39 is 0 Å². The van der Waals surface area contributed by atoms with Crippen LogP contribution in [-0.2, 0) is 0 Å². The van der Waals surface area contributed by atoms with Crippen molar-refractivity contribution >= 4 is 43.6 Å². The summed E-state index contributed by atoms with van der Waals surface area (Å²) in [6.07, 6.45) is 0. The molecule has 0 saturated heterocycles. The standard InChI is InChI=1S/C53H36N4/c1-33-12-16-38(17-13-33)40-20-22-49-45(29-40)43-8-4-6-10-47(43)56(49)51-27-37(32-55)28-52(53(51)42-25-35(3)24-36(26-42)31-54)57-48-11-7-5-9-44(48)46-30-41(21-23-50(46)57)39-18-14-34(2)15-19-39/h4-30H,1-3H3. The summed E-state index contributed by atoms with van der Waals surface area (Å²) in [6.45, 7) is 6.25. The van der Waals surface area contributed by atoms with Crippen molar-refractivity contribution in [3.05, 3.63) is 192 Å². The average molecular weight is 729 g/mol. The molecule has 0 unspecified atom stereocenters. The lowest BCUT2D eigenvalue weighted by molar-refractivity contribution is 1.13. The second kappa shape index (κ2) is 13.3. The Bertz CT molecular complexity index is 3140. The highest BCUT2D eigenvalue weighted by Crippen LogP contribution is 2.44. The molecule has 57 heavy (non-hydrogen) atoms. The van der Waals surface area contributed by atoms with Crippen LogP contribution in [0.5, 0.6) is 0 Å². The quantitative estimate of drug-likeness (QED) is 0.177. The van der Waals surface area contributed by atoms with Crippen molar-refractivity contribution in [3.63, 3.8) is 0 Å². The molecule has 4 heteroatoms. The van der Waals surface area contributed by atoms with Crippen LogP contribution in [0.2, 0.25) is 0 Å². The highest BCUT2D eigenvalue weighted by molar-refractivity contribution is 6.13. The van der Waals surface area contributed by atoms with E-state index in [1.807, 2.05) is 31.2 Å². The predicted octanol–water partition coefficient (Wildman–Crippen LogP) is 13.6. The SMILES string of the molecule is Cc1ccc(-c2ccc3c(c2)c2ccccc2n3-c2cc(C#N)cc(-n3c4ccccc4c4cc(-c5ccc(C)cc5)ccc43)c2-c2cc(C)cc(C#N)c2)cc1. The third-order valence-electron chi connectivity index (χ3n) is 11.3. The summed E-state index contributed by atoms with van der Waals surface area (Å²) in [7, 11) is 0. The lowest BCUT2D eigenvalue weighted by atomic mass is 9.95. The predicted molar refractivity (Wildman–Crippen MR) is 235 cm³/mol. The zero-order valence-corrected chi connectivity index (χ0v) is 31.9. The summed E-state index contributed by atoms with van der Waals surface area (Å²) in [5.74, 6) is 0. The Morgan fingerprint density at radius 1 is 0.351 bits per heavy atom. The van der Waals surface area contributed by atoms with Gasteiger partial charge in [-0.2, -0.15) is 10.5 Å². The lowest BCUT2D eigenvalue weighted by Gasteiger charge is -2.21. The van der Waals surface area contributed by atoms with Crippen LogP contribution in [0.25, 0.3) is 88.4 Å². The minimum atomic E-state index is 0.543. The summed E-state index contributed by atoms with van der Waals surface area (Å²) >= 11 is 0. The van der Waals surface area contributed by atoms with Gasteiger partial charge in [-0.3, -0.25) is 0 Å². The van der Waals surface area contributed by atoms with Crippen molar-refractivity contribution in [2.45, 2.75) is 20.8 Å². The molecule has 4 nitrogen and oxygen atoms in total. The highest BCUT2D eigenvalue weighted by Gasteiger charge is 2.24. The van der Waals surface area contributed by atoms with Gasteiger partial charge in [0.15, 0.2) is 0 Å². The molecule has 268 valence electrons. The highest BCUT2D eigenvalue weighted by atomic mass is 15.0. The molecule has 0 amide bonds. The first-order valence-electron chi connectivity index (χ1n) is 19.2. The van der Waals surface area contributed by atoms with Gasteiger partial charge in [0.1, 0.15) is 0 Å². The van der Waals surface area contributed by atoms with Gasteiger partial charge in [-0.1, -0.05) is 114 Å². The number of fused-ring (bicyclic) bond motifs is 6. The molecule has 0 radical (unpaired) electrons. The summed E-state index contributed by atoms with van der Waals surface area (Å²) in [4.78, 5) is 0. The van der Waals surface area contributed by atoms with E-state index in [9.17, 15) is 10.5 Å². The normalized spacial score (nSPS) is 11.4. The summed E-state index contributed by atoms with van der Waals surface area (Å²) in [5.41, 5.74) is 16.9. The summed E-state index contributed by atoms with van der Waals surface area (Å²) < 4.78 is 4.61. The van der Waals surface area contributed by atoms with Crippen LogP contribution in [0.4, 0.5) is 0 Å². The van der Waals surface area contributed by atoms with E-state index in [4.69, 9.17) is 0 Å². The molecule has 0 saturated carbocycles. The Hall–Kier alpha value is -7.66. The molecule has 10 rings (SSSR count). The number of nitriles is 2. The van der Waals surface area contributed by atoms with E-state index in [1.165, 1.54) is 11.1 Å². The van der Waals surface area contributed by atoms with Crippen LogP contribution in [0.15, 0.2) is 164 Å². The van der Waals surface area contributed by atoms with Crippen LogP contribution < -0.4 is 0 Å². The number of hydrogen-bond acceptors (Lipinski definition) is 2. The van der Waals surface area contributed by atoms with Gasteiger partial charge >= 0.3 is 0 Å². The van der Waals surface area contributed by atoms with E-state index in [0.29, 0.717) is 11.1 Å². The van der Waals surface area contributed by atoms with Crippen LogP contribution in [0.3, 0.4) is 0 Å². The molecule has 0 bridgehead atoms. The van der Waals surface area contributed by atoms with Crippen molar-refractivity contribution < 1.29 is 0 Å². The summed E-state index contributed by atoms with van der Waals surface area (Å²) in [5, 5.41) is 25.5. The van der Waals surface area contributed by atoms with Crippen LogP contribution in [0.1, 0.15) is 27.8 Å². The maximum Gasteiger partial charge on any atom is 0.0993 e. The van der Waals surface area contributed by atoms with Crippen molar-refractivity contribution in [1.29, 1.82) is 10.5 Å². The largest absolute Gasteiger partial charge is 0.308 e. The topological polar surface area (TPSA) is 57.4 Å². The van der Waals surface area contributed by atoms with E-state index in [0.717, 1.165) is 93.9 Å². The molecular formula is C53H36N4. The van der Waals surface area contributed by atoms with Crippen LogP contribution in [0, 0.1) is 43.4 Å². The maximum atomic E-state index is 10.8.